The van der Waals surface area contributed by atoms with Crippen LogP contribution in [0.5, 0.6) is 17.4 Å². The Balaban J connectivity index is 2.27. The maximum Gasteiger partial charge on any atom is 0.222 e. The lowest BCUT2D eigenvalue weighted by atomic mass is 10.2. The second kappa shape index (κ2) is 6.43. The molecule has 1 N–H and O–H groups in total. The maximum absolute atomic E-state index is 5.98. The molecule has 0 unspecified atom stereocenters. The quantitative estimate of drug-likeness (QED) is 0.880. The molecule has 0 aliphatic heterocycles. The Morgan fingerprint density at radius 2 is 2.05 bits per heavy atom. The second-order valence-electron chi connectivity index (χ2n) is 4.55. The maximum atomic E-state index is 5.98. The minimum Gasteiger partial charge on any atom is -0.497 e. The van der Waals surface area contributed by atoms with Crippen molar-refractivity contribution in [3.8, 4) is 17.4 Å². The zero-order valence-electron chi connectivity index (χ0n) is 12.4. The molecule has 0 radical (unpaired) electrons. The average Bonchev–Trinajstić information content (AvgIpc) is 2.71. The highest BCUT2D eigenvalue weighted by atomic mass is 16.5. The number of ether oxygens (including phenoxy) is 2. The molecule has 1 aromatic heterocycles. The van der Waals surface area contributed by atoms with Crippen LogP contribution >= 0.6 is 0 Å². The van der Waals surface area contributed by atoms with E-state index in [-0.39, 0.29) is 0 Å². The third-order valence-corrected chi connectivity index (χ3v) is 3.10. The number of benzene rings is 1. The van der Waals surface area contributed by atoms with E-state index in [2.05, 4.69) is 17.3 Å². The lowest BCUT2D eigenvalue weighted by Gasteiger charge is -2.10. The van der Waals surface area contributed by atoms with Gasteiger partial charge in [-0.25, -0.2) is 4.68 Å². The van der Waals surface area contributed by atoms with Crippen molar-refractivity contribution >= 4 is 0 Å². The minimum absolute atomic E-state index is 0.741. The van der Waals surface area contributed by atoms with Gasteiger partial charge in [-0.15, -0.1) is 0 Å². The highest BCUT2D eigenvalue weighted by Gasteiger charge is 2.15. The van der Waals surface area contributed by atoms with Gasteiger partial charge in [0.05, 0.1) is 18.4 Å². The van der Waals surface area contributed by atoms with Crippen molar-refractivity contribution in [2.24, 2.45) is 7.05 Å². The molecule has 0 aliphatic carbocycles. The lowest BCUT2D eigenvalue weighted by molar-refractivity contribution is 0.400. The van der Waals surface area contributed by atoms with E-state index in [1.165, 1.54) is 0 Å². The summed E-state index contributed by atoms with van der Waals surface area (Å²) in [5, 5.41) is 7.73. The number of aryl methyl sites for hydroxylation is 2. The van der Waals surface area contributed by atoms with Crippen LogP contribution in [0.3, 0.4) is 0 Å². The SMILES string of the molecule is CCNCc1c(C)nn(C)c1Oc1cccc(OC)c1. The van der Waals surface area contributed by atoms with Crippen molar-refractivity contribution in [2.75, 3.05) is 13.7 Å². The van der Waals surface area contributed by atoms with Crippen LogP contribution in [0.1, 0.15) is 18.2 Å². The Hall–Kier alpha value is -2.01. The summed E-state index contributed by atoms with van der Waals surface area (Å²) in [6.45, 7) is 5.72. The molecule has 0 bridgehead atoms. The van der Waals surface area contributed by atoms with Gasteiger partial charge in [0.25, 0.3) is 0 Å². The molecule has 0 aliphatic rings. The molecule has 0 amide bonds. The summed E-state index contributed by atoms with van der Waals surface area (Å²) in [5.74, 6) is 2.27. The number of aromatic nitrogens is 2. The van der Waals surface area contributed by atoms with Gasteiger partial charge in [0, 0.05) is 19.7 Å². The standard InChI is InChI=1S/C15H21N3O2/c1-5-16-10-14-11(2)17-18(3)15(14)20-13-8-6-7-12(9-13)19-4/h6-9,16H,5,10H2,1-4H3. The summed E-state index contributed by atoms with van der Waals surface area (Å²) in [6, 6.07) is 7.56. The highest BCUT2D eigenvalue weighted by molar-refractivity contribution is 5.38. The van der Waals surface area contributed by atoms with Gasteiger partial charge in [0.1, 0.15) is 11.5 Å². The second-order valence-corrected chi connectivity index (χ2v) is 4.55. The fraction of sp³-hybridized carbons (Fsp3) is 0.400. The molecule has 0 saturated carbocycles. The highest BCUT2D eigenvalue weighted by Crippen LogP contribution is 2.29. The van der Waals surface area contributed by atoms with E-state index < -0.39 is 0 Å². The average molecular weight is 275 g/mol. The fourth-order valence-electron chi connectivity index (χ4n) is 2.04. The smallest absolute Gasteiger partial charge is 0.222 e. The molecule has 5 nitrogen and oxygen atoms in total. The molecule has 0 spiro atoms. The Labute approximate surface area is 119 Å². The third-order valence-electron chi connectivity index (χ3n) is 3.10. The van der Waals surface area contributed by atoms with Gasteiger partial charge >= 0.3 is 0 Å². The van der Waals surface area contributed by atoms with Crippen molar-refractivity contribution in [3.05, 3.63) is 35.5 Å². The predicted octanol–water partition coefficient (Wildman–Crippen LogP) is 2.64. The predicted molar refractivity (Wildman–Crippen MR) is 78.4 cm³/mol. The summed E-state index contributed by atoms with van der Waals surface area (Å²) < 4.78 is 13.0. The van der Waals surface area contributed by atoms with Gasteiger partial charge in [0.2, 0.25) is 5.88 Å². The zero-order valence-corrected chi connectivity index (χ0v) is 12.4. The molecular weight excluding hydrogens is 254 g/mol. The number of nitrogens with zero attached hydrogens (tertiary/aromatic N) is 2. The van der Waals surface area contributed by atoms with Gasteiger partial charge in [0.15, 0.2) is 0 Å². The van der Waals surface area contributed by atoms with E-state index in [0.29, 0.717) is 0 Å². The Morgan fingerprint density at radius 1 is 1.30 bits per heavy atom. The molecule has 0 saturated heterocycles. The van der Waals surface area contributed by atoms with Crippen LogP contribution in [-0.4, -0.2) is 23.4 Å². The summed E-state index contributed by atoms with van der Waals surface area (Å²) >= 11 is 0. The normalized spacial score (nSPS) is 10.6. The molecule has 1 aromatic carbocycles. The van der Waals surface area contributed by atoms with Crippen molar-refractivity contribution in [2.45, 2.75) is 20.4 Å². The van der Waals surface area contributed by atoms with Crippen LogP contribution in [0.2, 0.25) is 0 Å². The summed E-state index contributed by atoms with van der Waals surface area (Å²) in [7, 11) is 3.53. The Bertz CT molecular complexity index is 578. The van der Waals surface area contributed by atoms with Crippen molar-refractivity contribution in [1.29, 1.82) is 0 Å². The number of hydrogen-bond acceptors (Lipinski definition) is 4. The Morgan fingerprint density at radius 3 is 2.75 bits per heavy atom. The van der Waals surface area contributed by atoms with Crippen molar-refractivity contribution in [3.63, 3.8) is 0 Å². The zero-order chi connectivity index (χ0) is 14.5. The van der Waals surface area contributed by atoms with Gasteiger partial charge in [-0.05, 0) is 25.6 Å². The van der Waals surface area contributed by atoms with Gasteiger partial charge < -0.3 is 14.8 Å². The van der Waals surface area contributed by atoms with Crippen LogP contribution in [-0.2, 0) is 13.6 Å². The fourth-order valence-corrected chi connectivity index (χ4v) is 2.04. The number of rotatable bonds is 6. The van der Waals surface area contributed by atoms with Crippen molar-refractivity contribution in [1.82, 2.24) is 15.1 Å². The molecule has 0 atom stereocenters. The first kappa shape index (κ1) is 14.4. The first-order valence-corrected chi connectivity index (χ1v) is 6.70. The monoisotopic (exact) mass is 275 g/mol. The number of nitrogens with one attached hydrogen (secondary N) is 1. The first-order chi connectivity index (χ1) is 9.65. The molecule has 2 rings (SSSR count). The van der Waals surface area contributed by atoms with Gasteiger partial charge in [-0.3, -0.25) is 0 Å². The molecule has 5 heteroatoms. The van der Waals surface area contributed by atoms with E-state index in [4.69, 9.17) is 9.47 Å². The van der Waals surface area contributed by atoms with Crippen LogP contribution in [0.15, 0.2) is 24.3 Å². The van der Waals surface area contributed by atoms with E-state index in [1.807, 2.05) is 38.2 Å². The molecule has 20 heavy (non-hydrogen) atoms. The summed E-state index contributed by atoms with van der Waals surface area (Å²) in [6.07, 6.45) is 0. The minimum atomic E-state index is 0.741. The van der Waals surface area contributed by atoms with Crippen LogP contribution < -0.4 is 14.8 Å². The van der Waals surface area contributed by atoms with Crippen LogP contribution in [0.25, 0.3) is 0 Å². The summed E-state index contributed by atoms with van der Waals surface area (Å²) in [4.78, 5) is 0. The molecular formula is C15H21N3O2. The molecule has 108 valence electrons. The molecule has 2 aromatic rings. The van der Waals surface area contributed by atoms with Gasteiger partial charge in [-0.1, -0.05) is 13.0 Å². The molecule has 0 fully saturated rings. The van der Waals surface area contributed by atoms with Crippen LogP contribution in [0, 0.1) is 6.92 Å². The largest absolute Gasteiger partial charge is 0.497 e. The van der Waals surface area contributed by atoms with Crippen LogP contribution in [0.4, 0.5) is 0 Å². The van der Waals surface area contributed by atoms with Crippen molar-refractivity contribution < 1.29 is 9.47 Å². The van der Waals surface area contributed by atoms with E-state index in [9.17, 15) is 0 Å². The number of hydrogen-bond donors (Lipinski definition) is 1. The molecule has 1 heterocycles. The van der Waals surface area contributed by atoms with E-state index >= 15 is 0 Å². The Kier molecular flexibility index (Phi) is 4.63. The van der Waals surface area contributed by atoms with Gasteiger partial charge in [-0.2, -0.15) is 5.10 Å². The summed E-state index contributed by atoms with van der Waals surface area (Å²) in [5.41, 5.74) is 2.06. The topological polar surface area (TPSA) is 48.3 Å². The first-order valence-electron chi connectivity index (χ1n) is 6.70. The lowest BCUT2D eigenvalue weighted by Crippen LogP contribution is -2.12. The van der Waals surface area contributed by atoms with E-state index in [0.717, 1.165) is 41.7 Å². The number of methoxy groups -OCH3 is 1. The third kappa shape index (κ3) is 3.11. The van der Waals surface area contributed by atoms with E-state index in [1.54, 1.807) is 11.8 Å².